The van der Waals surface area contributed by atoms with Crippen LogP contribution >= 0.6 is 0 Å². The van der Waals surface area contributed by atoms with Crippen molar-refractivity contribution in [1.82, 2.24) is 0 Å². The van der Waals surface area contributed by atoms with E-state index in [0.29, 0.717) is 0 Å². The van der Waals surface area contributed by atoms with Crippen LogP contribution in [0.4, 0.5) is 11.4 Å². The third-order valence-corrected chi connectivity index (χ3v) is 2.91. The Morgan fingerprint density at radius 1 is 1.00 bits per heavy atom. The number of rotatable bonds is 5. The van der Waals surface area contributed by atoms with Gasteiger partial charge >= 0.3 is 0 Å². The molecule has 0 saturated carbocycles. The average Bonchev–Trinajstić information content (AvgIpc) is 2.49. The van der Waals surface area contributed by atoms with Gasteiger partial charge in [-0.2, -0.15) is 0 Å². The van der Waals surface area contributed by atoms with Crippen molar-refractivity contribution < 1.29 is 9.53 Å². The number of nitrogens with one attached hydrogen (secondary N) is 2. The molecular weight excluding hydrogens is 252 g/mol. The molecule has 0 unspecified atom stereocenters. The van der Waals surface area contributed by atoms with Gasteiger partial charge in [-0.05, 0) is 43.3 Å². The second-order valence-electron chi connectivity index (χ2n) is 4.45. The Balaban J connectivity index is 1.93. The van der Waals surface area contributed by atoms with Crippen molar-refractivity contribution in [3.63, 3.8) is 0 Å². The van der Waals surface area contributed by atoms with Crippen molar-refractivity contribution >= 4 is 17.3 Å². The Morgan fingerprint density at radius 3 is 2.25 bits per heavy atom. The Kier molecular flexibility index (Phi) is 4.60. The van der Waals surface area contributed by atoms with E-state index in [2.05, 4.69) is 10.6 Å². The first-order valence-corrected chi connectivity index (χ1v) is 6.45. The predicted octanol–water partition coefficient (Wildman–Crippen LogP) is 3.13. The van der Waals surface area contributed by atoms with Crippen LogP contribution in [0, 0.1) is 0 Å². The molecule has 1 amide bonds. The van der Waals surface area contributed by atoms with Crippen LogP contribution in [0.15, 0.2) is 54.6 Å². The van der Waals surface area contributed by atoms with Crippen molar-refractivity contribution in [1.29, 1.82) is 0 Å². The second kappa shape index (κ2) is 6.61. The maximum Gasteiger partial charge on any atom is 0.246 e. The zero-order valence-corrected chi connectivity index (χ0v) is 11.6. The van der Waals surface area contributed by atoms with Crippen molar-refractivity contribution in [2.45, 2.75) is 13.0 Å². The Bertz CT molecular complexity index is 552. The third-order valence-electron chi connectivity index (χ3n) is 2.91. The van der Waals surface area contributed by atoms with Gasteiger partial charge in [0.2, 0.25) is 5.91 Å². The molecule has 2 aromatic carbocycles. The van der Waals surface area contributed by atoms with E-state index in [1.54, 1.807) is 7.11 Å². The monoisotopic (exact) mass is 270 g/mol. The first kappa shape index (κ1) is 13.9. The number of amides is 1. The molecule has 1 atom stereocenters. The molecule has 2 aromatic rings. The van der Waals surface area contributed by atoms with E-state index < -0.39 is 0 Å². The Hall–Kier alpha value is -2.49. The molecule has 4 nitrogen and oxygen atoms in total. The van der Waals surface area contributed by atoms with Gasteiger partial charge in [0.05, 0.1) is 7.11 Å². The zero-order valence-electron chi connectivity index (χ0n) is 11.6. The molecule has 4 heteroatoms. The van der Waals surface area contributed by atoms with Gasteiger partial charge in [0.1, 0.15) is 11.8 Å². The van der Waals surface area contributed by atoms with E-state index in [9.17, 15) is 4.79 Å². The lowest BCUT2D eigenvalue weighted by atomic mass is 10.2. The van der Waals surface area contributed by atoms with Gasteiger partial charge in [0.15, 0.2) is 0 Å². The smallest absolute Gasteiger partial charge is 0.246 e. The highest BCUT2D eigenvalue weighted by atomic mass is 16.5. The lowest BCUT2D eigenvalue weighted by Crippen LogP contribution is -2.31. The molecule has 2 N–H and O–H groups in total. The maximum atomic E-state index is 12.0. The largest absolute Gasteiger partial charge is 0.497 e. The fraction of sp³-hybridized carbons (Fsp3) is 0.188. The lowest BCUT2D eigenvalue weighted by molar-refractivity contribution is -0.116. The highest BCUT2D eigenvalue weighted by molar-refractivity contribution is 5.96. The number of para-hydroxylation sites is 1. The van der Waals surface area contributed by atoms with Crippen LogP contribution in [-0.4, -0.2) is 19.1 Å². The summed E-state index contributed by atoms with van der Waals surface area (Å²) in [5.41, 5.74) is 1.67. The van der Waals surface area contributed by atoms with Crippen LogP contribution in [0.1, 0.15) is 6.92 Å². The maximum absolute atomic E-state index is 12.0. The molecular formula is C16H18N2O2. The van der Waals surface area contributed by atoms with Crippen molar-refractivity contribution in [3.8, 4) is 5.75 Å². The van der Waals surface area contributed by atoms with Crippen molar-refractivity contribution in [2.75, 3.05) is 17.7 Å². The quantitative estimate of drug-likeness (QED) is 0.877. The molecule has 0 radical (unpaired) electrons. The Labute approximate surface area is 118 Å². The average molecular weight is 270 g/mol. The molecule has 0 aliphatic carbocycles. The summed E-state index contributed by atoms with van der Waals surface area (Å²) in [6.07, 6.45) is 0. The third kappa shape index (κ3) is 3.75. The number of carbonyl (C=O) groups is 1. The van der Waals surface area contributed by atoms with Crippen LogP contribution < -0.4 is 15.4 Å². The van der Waals surface area contributed by atoms with Crippen molar-refractivity contribution in [2.24, 2.45) is 0 Å². The summed E-state index contributed by atoms with van der Waals surface area (Å²) in [7, 11) is 1.62. The number of carbonyl (C=O) groups excluding carboxylic acids is 1. The standard InChI is InChI=1S/C16H18N2O2/c1-12(16(19)18-13-6-4-3-5-7-13)17-14-8-10-15(20-2)11-9-14/h3-12,17H,1-2H3,(H,18,19)/t12-/m0/s1. The van der Waals surface area contributed by atoms with E-state index >= 15 is 0 Å². The number of ether oxygens (including phenoxy) is 1. The normalized spacial score (nSPS) is 11.5. The SMILES string of the molecule is COc1ccc(N[C@@H](C)C(=O)Nc2ccccc2)cc1. The summed E-state index contributed by atoms with van der Waals surface area (Å²) >= 11 is 0. The zero-order chi connectivity index (χ0) is 14.4. The molecule has 0 spiro atoms. The number of anilines is 2. The summed E-state index contributed by atoms with van der Waals surface area (Å²) in [5, 5.41) is 6.00. The highest BCUT2D eigenvalue weighted by Crippen LogP contribution is 2.16. The van der Waals surface area contributed by atoms with Gasteiger partial charge in [-0.1, -0.05) is 18.2 Å². The fourth-order valence-electron chi connectivity index (χ4n) is 1.77. The van der Waals surface area contributed by atoms with Crippen molar-refractivity contribution in [3.05, 3.63) is 54.6 Å². The summed E-state index contributed by atoms with van der Waals surface area (Å²) in [6, 6.07) is 16.5. The van der Waals surface area contributed by atoms with E-state index in [-0.39, 0.29) is 11.9 Å². The summed E-state index contributed by atoms with van der Waals surface area (Å²) in [4.78, 5) is 12.0. The van der Waals surface area contributed by atoms with Gasteiger partial charge in [-0.15, -0.1) is 0 Å². The summed E-state index contributed by atoms with van der Waals surface area (Å²) in [6.45, 7) is 1.82. The van der Waals surface area contributed by atoms with Crippen LogP contribution in [0.2, 0.25) is 0 Å². The molecule has 0 saturated heterocycles. The molecule has 0 bridgehead atoms. The summed E-state index contributed by atoms with van der Waals surface area (Å²) < 4.78 is 5.09. The van der Waals surface area contributed by atoms with Gasteiger partial charge in [-0.3, -0.25) is 4.79 Å². The number of hydrogen-bond donors (Lipinski definition) is 2. The second-order valence-corrected chi connectivity index (χ2v) is 4.45. The molecule has 0 aromatic heterocycles. The van der Waals surface area contributed by atoms with E-state index in [1.165, 1.54) is 0 Å². The minimum Gasteiger partial charge on any atom is -0.497 e. The molecule has 0 heterocycles. The van der Waals surface area contributed by atoms with Gasteiger partial charge in [0, 0.05) is 11.4 Å². The minimum atomic E-state index is -0.330. The topological polar surface area (TPSA) is 50.4 Å². The lowest BCUT2D eigenvalue weighted by Gasteiger charge is -2.15. The van der Waals surface area contributed by atoms with Crippen LogP contribution in [0.25, 0.3) is 0 Å². The van der Waals surface area contributed by atoms with Crippen LogP contribution in [0.5, 0.6) is 5.75 Å². The van der Waals surface area contributed by atoms with E-state index in [1.807, 2.05) is 61.5 Å². The number of methoxy groups -OCH3 is 1. The molecule has 2 rings (SSSR count). The molecule has 0 aliphatic rings. The number of benzene rings is 2. The predicted molar refractivity (Wildman–Crippen MR) is 81.2 cm³/mol. The molecule has 20 heavy (non-hydrogen) atoms. The minimum absolute atomic E-state index is 0.0768. The van der Waals surface area contributed by atoms with E-state index in [0.717, 1.165) is 17.1 Å². The fourth-order valence-corrected chi connectivity index (χ4v) is 1.77. The number of hydrogen-bond acceptors (Lipinski definition) is 3. The van der Waals surface area contributed by atoms with Gasteiger partial charge in [0.25, 0.3) is 0 Å². The van der Waals surface area contributed by atoms with Gasteiger partial charge < -0.3 is 15.4 Å². The molecule has 0 aliphatic heterocycles. The molecule has 104 valence electrons. The van der Waals surface area contributed by atoms with Crippen LogP contribution in [0.3, 0.4) is 0 Å². The summed E-state index contributed by atoms with van der Waals surface area (Å²) in [5.74, 6) is 0.712. The first-order valence-electron chi connectivity index (χ1n) is 6.45. The van der Waals surface area contributed by atoms with Crippen LogP contribution in [-0.2, 0) is 4.79 Å². The Morgan fingerprint density at radius 2 is 1.65 bits per heavy atom. The van der Waals surface area contributed by atoms with E-state index in [4.69, 9.17) is 4.74 Å². The molecule has 0 fully saturated rings. The van der Waals surface area contributed by atoms with Gasteiger partial charge in [-0.25, -0.2) is 0 Å². The first-order chi connectivity index (χ1) is 9.69. The highest BCUT2D eigenvalue weighted by Gasteiger charge is 2.12.